The third kappa shape index (κ3) is 4.93. The monoisotopic (exact) mass is 466 g/mol. The Labute approximate surface area is 198 Å². The lowest BCUT2D eigenvalue weighted by molar-refractivity contribution is 0.412. The van der Waals surface area contributed by atoms with Crippen molar-refractivity contribution in [2.45, 2.75) is 18.4 Å². The number of rotatable bonds is 8. The SMILES string of the molecule is COc1ccc(C(Cc2ccc(Cl)cc2Cl)C(c2ccc(OC)cc2)n2ccnc2)cc1. The van der Waals surface area contributed by atoms with Gasteiger partial charge in [-0.05, 0) is 59.5 Å². The van der Waals surface area contributed by atoms with E-state index in [0.29, 0.717) is 10.0 Å². The predicted molar refractivity (Wildman–Crippen MR) is 129 cm³/mol. The summed E-state index contributed by atoms with van der Waals surface area (Å²) in [6.45, 7) is 0. The molecule has 0 aliphatic heterocycles. The van der Waals surface area contributed by atoms with Crippen LogP contribution in [0.4, 0.5) is 0 Å². The first-order valence-corrected chi connectivity index (χ1v) is 11.0. The van der Waals surface area contributed by atoms with E-state index in [4.69, 9.17) is 32.7 Å². The third-order valence-corrected chi connectivity index (χ3v) is 6.27. The van der Waals surface area contributed by atoms with Crippen LogP contribution in [0, 0.1) is 0 Å². The van der Waals surface area contributed by atoms with Gasteiger partial charge >= 0.3 is 0 Å². The van der Waals surface area contributed by atoms with E-state index in [9.17, 15) is 0 Å². The number of nitrogens with zero attached hydrogens (tertiary/aromatic N) is 2. The second-order valence-corrected chi connectivity index (χ2v) is 8.39. The Morgan fingerprint density at radius 2 is 1.47 bits per heavy atom. The quantitative estimate of drug-likeness (QED) is 0.285. The van der Waals surface area contributed by atoms with Gasteiger partial charge in [0.05, 0.1) is 26.6 Å². The van der Waals surface area contributed by atoms with Crippen LogP contribution in [0.25, 0.3) is 0 Å². The Kier molecular flexibility index (Phi) is 7.03. The first kappa shape index (κ1) is 22.3. The normalized spacial score (nSPS) is 12.9. The molecule has 0 fully saturated rings. The van der Waals surface area contributed by atoms with Crippen molar-refractivity contribution in [3.63, 3.8) is 0 Å². The molecule has 0 amide bonds. The van der Waals surface area contributed by atoms with Crippen LogP contribution in [0.2, 0.25) is 10.0 Å². The van der Waals surface area contributed by atoms with Crippen LogP contribution in [0.1, 0.15) is 28.7 Å². The highest BCUT2D eigenvalue weighted by Crippen LogP contribution is 2.39. The van der Waals surface area contributed by atoms with E-state index in [2.05, 4.69) is 33.8 Å². The van der Waals surface area contributed by atoms with Gasteiger partial charge in [-0.2, -0.15) is 0 Å². The Morgan fingerprint density at radius 1 is 0.844 bits per heavy atom. The lowest BCUT2D eigenvalue weighted by Crippen LogP contribution is -2.21. The molecule has 4 nitrogen and oxygen atoms in total. The Hall–Kier alpha value is -2.95. The summed E-state index contributed by atoms with van der Waals surface area (Å²) in [4.78, 5) is 4.32. The van der Waals surface area contributed by atoms with E-state index < -0.39 is 0 Å². The van der Waals surface area contributed by atoms with E-state index in [1.54, 1.807) is 26.5 Å². The zero-order valence-electron chi connectivity index (χ0n) is 17.9. The molecule has 0 bridgehead atoms. The molecule has 4 rings (SSSR count). The van der Waals surface area contributed by atoms with Crippen LogP contribution < -0.4 is 9.47 Å². The van der Waals surface area contributed by atoms with Crippen LogP contribution in [0.5, 0.6) is 11.5 Å². The average Bonchev–Trinajstić information content (AvgIpc) is 3.35. The highest BCUT2D eigenvalue weighted by Gasteiger charge is 2.27. The summed E-state index contributed by atoms with van der Waals surface area (Å²) in [7, 11) is 3.34. The minimum atomic E-state index is -0.0106. The molecule has 4 aromatic rings. The van der Waals surface area contributed by atoms with Crippen LogP contribution in [0.15, 0.2) is 85.5 Å². The topological polar surface area (TPSA) is 36.3 Å². The lowest BCUT2D eigenvalue weighted by Gasteiger charge is -2.30. The molecule has 0 aliphatic carbocycles. The molecule has 0 saturated carbocycles. The number of methoxy groups -OCH3 is 2. The van der Waals surface area contributed by atoms with Gasteiger partial charge in [0.1, 0.15) is 11.5 Å². The summed E-state index contributed by atoms with van der Waals surface area (Å²) in [5.41, 5.74) is 3.36. The summed E-state index contributed by atoms with van der Waals surface area (Å²) in [6.07, 6.45) is 6.37. The first-order valence-electron chi connectivity index (χ1n) is 10.3. The van der Waals surface area contributed by atoms with Crippen molar-refractivity contribution < 1.29 is 9.47 Å². The number of halogens is 2. The Balaban J connectivity index is 1.83. The molecule has 0 saturated heterocycles. The molecule has 32 heavy (non-hydrogen) atoms. The van der Waals surface area contributed by atoms with Gasteiger partial charge in [0.2, 0.25) is 0 Å². The number of imidazole rings is 1. The van der Waals surface area contributed by atoms with Gasteiger partial charge in [-0.15, -0.1) is 0 Å². The highest BCUT2D eigenvalue weighted by atomic mass is 35.5. The fraction of sp³-hybridized carbons (Fsp3) is 0.192. The molecule has 0 spiro atoms. The lowest BCUT2D eigenvalue weighted by atomic mass is 9.82. The fourth-order valence-corrected chi connectivity index (χ4v) is 4.52. The molecule has 164 valence electrons. The summed E-state index contributed by atoms with van der Waals surface area (Å²) < 4.78 is 12.9. The van der Waals surface area contributed by atoms with Gasteiger partial charge in [-0.3, -0.25) is 0 Å². The molecule has 0 aliphatic rings. The molecule has 3 aromatic carbocycles. The smallest absolute Gasteiger partial charge is 0.118 e. The largest absolute Gasteiger partial charge is 0.497 e. The van der Waals surface area contributed by atoms with Crippen molar-refractivity contribution in [3.8, 4) is 11.5 Å². The standard InChI is InChI=1S/C26H24Cl2N2O2/c1-31-22-9-4-18(5-10-22)24(15-20-3-8-21(27)16-25(20)28)26(30-14-13-29-17-30)19-6-11-23(32-2)12-7-19/h3-14,16-17,24,26H,15H2,1-2H3. The summed E-state index contributed by atoms with van der Waals surface area (Å²) in [5.74, 6) is 1.71. The number of benzene rings is 3. The fourth-order valence-electron chi connectivity index (χ4n) is 4.03. The minimum Gasteiger partial charge on any atom is -0.497 e. The van der Waals surface area contributed by atoms with Crippen LogP contribution in [-0.2, 0) is 6.42 Å². The number of hydrogen-bond acceptors (Lipinski definition) is 3. The van der Waals surface area contributed by atoms with Crippen molar-refractivity contribution in [2.75, 3.05) is 14.2 Å². The van der Waals surface area contributed by atoms with Gasteiger partial charge in [0.25, 0.3) is 0 Å². The summed E-state index contributed by atoms with van der Waals surface area (Å²) in [5, 5.41) is 1.29. The van der Waals surface area contributed by atoms with Crippen molar-refractivity contribution in [3.05, 3.63) is 112 Å². The molecular weight excluding hydrogens is 443 g/mol. The Morgan fingerprint density at radius 3 is 2.00 bits per heavy atom. The zero-order valence-corrected chi connectivity index (χ0v) is 19.4. The van der Waals surface area contributed by atoms with E-state index in [-0.39, 0.29) is 12.0 Å². The molecule has 1 heterocycles. The number of ether oxygens (including phenoxy) is 2. The van der Waals surface area contributed by atoms with Crippen LogP contribution in [0.3, 0.4) is 0 Å². The predicted octanol–water partition coefficient (Wildman–Crippen LogP) is 6.82. The molecule has 1 aromatic heterocycles. The van der Waals surface area contributed by atoms with Crippen molar-refractivity contribution in [1.29, 1.82) is 0 Å². The molecule has 2 unspecified atom stereocenters. The van der Waals surface area contributed by atoms with E-state index in [0.717, 1.165) is 29.0 Å². The van der Waals surface area contributed by atoms with Crippen molar-refractivity contribution >= 4 is 23.2 Å². The molecule has 0 N–H and O–H groups in total. The van der Waals surface area contributed by atoms with E-state index in [1.807, 2.05) is 48.9 Å². The maximum atomic E-state index is 6.58. The van der Waals surface area contributed by atoms with Crippen molar-refractivity contribution in [2.24, 2.45) is 0 Å². The zero-order chi connectivity index (χ0) is 22.5. The summed E-state index contributed by atoms with van der Waals surface area (Å²) >= 11 is 12.7. The van der Waals surface area contributed by atoms with Gasteiger partial charge in [-0.1, -0.05) is 53.5 Å². The Bertz CT molecular complexity index is 1140. The molecular formula is C26H24Cl2N2O2. The average molecular weight is 467 g/mol. The second-order valence-electron chi connectivity index (χ2n) is 7.55. The van der Waals surface area contributed by atoms with Gasteiger partial charge < -0.3 is 14.0 Å². The number of aromatic nitrogens is 2. The van der Waals surface area contributed by atoms with Crippen molar-refractivity contribution in [1.82, 2.24) is 9.55 Å². The van der Waals surface area contributed by atoms with Crippen LogP contribution in [-0.4, -0.2) is 23.8 Å². The van der Waals surface area contributed by atoms with E-state index >= 15 is 0 Å². The van der Waals surface area contributed by atoms with Gasteiger partial charge in [0, 0.05) is 28.4 Å². The van der Waals surface area contributed by atoms with Crippen LogP contribution >= 0.6 is 23.2 Å². The number of hydrogen-bond donors (Lipinski definition) is 0. The third-order valence-electron chi connectivity index (χ3n) is 5.68. The highest BCUT2D eigenvalue weighted by molar-refractivity contribution is 6.35. The minimum absolute atomic E-state index is 0.0106. The maximum Gasteiger partial charge on any atom is 0.118 e. The maximum absolute atomic E-state index is 6.58. The summed E-state index contributed by atoms with van der Waals surface area (Å²) in [6, 6.07) is 22.0. The van der Waals surface area contributed by atoms with E-state index in [1.165, 1.54) is 5.56 Å². The molecule has 2 atom stereocenters. The molecule has 6 heteroatoms. The first-order chi connectivity index (χ1) is 15.6. The van der Waals surface area contributed by atoms with Gasteiger partial charge in [-0.25, -0.2) is 4.98 Å². The van der Waals surface area contributed by atoms with Gasteiger partial charge in [0.15, 0.2) is 0 Å². The molecule has 0 radical (unpaired) electrons. The second kappa shape index (κ2) is 10.1.